The Bertz CT molecular complexity index is 764. The largest absolute Gasteiger partial charge is 0.452 e. The summed E-state index contributed by atoms with van der Waals surface area (Å²) >= 11 is 5.74. The van der Waals surface area contributed by atoms with Crippen LogP contribution in [0.4, 0.5) is 5.69 Å². The molecule has 124 valence electrons. The Labute approximate surface area is 142 Å². The van der Waals surface area contributed by atoms with Crippen LogP contribution in [-0.2, 0) is 16.1 Å². The normalized spacial score (nSPS) is 10.0. The monoisotopic (exact) mass is 348 g/mol. The van der Waals surface area contributed by atoms with Gasteiger partial charge in [0.1, 0.15) is 5.56 Å². The van der Waals surface area contributed by atoms with Gasteiger partial charge in [-0.05, 0) is 17.7 Å². The lowest BCUT2D eigenvalue weighted by Crippen LogP contribution is -2.28. The molecule has 0 fully saturated rings. The molecule has 2 rings (SSSR count). The molecule has 8 heteroatoms. The number of hydrogen-bond acceptors (Lipinski definition) is 5. The fraction of sp³-hybridized carbons (Fsp3) is 0.125. The second kappa shape index (κ2) is 8.07. The average molecular weight is 349 g/mol. The number of hydrogen-bond donors (Lipinski definition) is 1. The van der Waals surface area contributed by atoms with Crippen molar-refractivity contribution >= 4 is 29.2 Å². The minimum Gasteiger partial charge on any atom is -0.452 e. The zero-order chi connectivity index (χ0) is 17.5. The SMILES string of the molecule is O=C(COC(=O)c1cc(Cl)ccc1[N+](=O)[O-])NCc1ccccc1. The van der Waals surface area contributed by atoms with Gasteiger partial charge in [0, 0.05) is 17.6 Å². The predicted molar refractivity (Wildman–Crippen MR) is 86.7 cm³/mol. The Balaban J connectivity index is 1.92. The molecule has 0 aromatic heterocycles. The fourth-order valence-corrected chi connectivity index (χ4v) is 2.06. The van der Waals surface area contributed by atoms with E-state index < -0.39 is 29.1 Å². The first-order valence-corrected chi connectivity index (χ1v) is 7.27. The second-order valence-corrected chi connectivity index (χ2v) is 5.19. The van der Waals surface area contributed by atoms with Gasteiger partial charge in [0.25, 0.3) is 11.6 Å². The molecular weight excluding hydrogens is 336 g/mol. The number of benzene rings is 2. The summed E-state index contributed by atoms with van der Waals surface area (Å²) in [6.45, 7) is -0.260. The molecule has 0 atom stereocenters. The van der Waals surface area contributed by atoms with Gasteiger partial charge in [-0.25, -0.2) is 4.79 Å². The molecule has 1 N–H and O–H groups in total. The average Bonchev–Trinajstić information content (AvgIpc) is 2.58. The number of nitrogens with zero attached hydrogens (tertiary/aromatic N) is 1. The van der Waals surface area contributed by atoms with E-state index in [0.717, 1.165) is 17.7 Å². The lowest BCUT2D eigenvalue weighted by molar-refractivity contribution is -0.385. The number of carbonyl (C=O) groups is 2. The third-order valence-corrected chi connectivity index (χ3v) is 3.28. The highest BCUT2D eigenvalue weighted by Crippen LogP contribution is 2.23. The molecule has 0 spiro atoms. The van der Waals surface area contributed by atoms with Gasteiger partial charge >= 0.3 is 5.97 Å². The summed E-state index contributed by atoms with van der Waals surface area (Å²) in [6, 6.07) is 12.7. The smallest absolute Gasteiger partial charge is 0.345 e. The molecule has 2 aromatic rings. The van der Waals surface area contributed by atoms with Gasteiger partial charge < -0.3 is 10.1 Å². The van der Waals surface area contributed by atoms with Gasteiger partial charge in [0.05, 0.1) is 4.92 Å². The first kappa shape index (κ1) is 17.4. The highest BCUT2D eigenvalue weighted by Gasteiger charge is 2.22. The maximum atomic E-state index is 11.9. The zero-order valence-corrected chi connectivity index (χ0v) is 13.2. The third-order valence-electron chi connectivity index (χ3n) is 3.04. The van der Waals surface area contributed by atoms with Crippen LogP contribution in [-0.4, -0.2) is 23.4 Å². The molecule has 0 saturated heterocycles. The van der Waals surface area contributed by atoms with E-state index in [-0.39, 0.29) is 17.1 Å². The molecule has 0 unspecified atom stereocenters. The summed E-state index contributed by atoms with van der Waals surface area (Å²) in [6.07, 6.45) is 0. The standard InChI is InChI=1S/C16H13ClN2O5/c17-12-6-7-14(19(22)23)13(8-12)16(21)24-10-15(20)18-9-11-4-2-1-3-5-11/h1-8H,9-10H2,(H,18,20). The third kappa shape index (κ3) is 4.79. The van der Waals surface area contributed by atoms with Crippen LogP contribution in [0.2, 0.25) is 5.02 Å². The highest BCUT2D eigenvalue weighted by molar-refractivity contribution is 6.31. The molecule has 0 aliphatic carbocycles. The maximum absolute atomic E-state index is 11.9. The van der Waals surface area contributed by atoms with Crippen LogP contribution >= 0.6 is 11.6 Å². The van der Waals surface area contributed by atoms with Crippen molar-refractivity contribution in [2.45, 2.75) is 6.54 Å². The summed E-state index contributed by atoms with van der Waals surface area (Å²) in [5.41, 5.74) is 0.153. The number of nitro groups is 1. The number of carbonyl (C=O) groups excluding carboxylic acids is 2. The Hall–Kier alpha value is -2.93. The van der Waals surface area contributed by atoms with E-state index in [0.29, 0.717) is 0 Å². The molecule has 0 bridgehead atoms. The van der Waals surface area contributed by atoms with E-state index >= 15 is 0 Å². The van der Waals surface area contributed by atoms with Gasteiger partial charge in [0.15, 0.2) is 6.61 Å². The summed E-state index contributed by atoms with van der Waals surface area (Å²) < 4.78 is 4.81. The summed E-state index contributed by atoms with van der Waals surface area (Å²) in [7, 11) is 0. The lowest BCUT2D eigenvalue weighted by Gasteiger charge is -2.07. The summed E-state index contributed by atoms with van der Waals surface area (Å²) in [4.78, 5) is 33.8. The number of rotatable bonds is 6. The van der Waals surface area contributed by atoms with E-state index in [1.54, 1.807) is 0 Å². The van der Waals surface area contributed by atoms with Gasteiger partial charge in [-0.3, -0.25) is 14.9 Å². The zero-order valence-electron chi connectivity index (χ0n) is 12.4. The van der Waals surface area contributed by atoms with Crippen molar-refractivity contribution in [3.63, 3.8) is 0 Å². The van der Waals surface area contributed by atoms with Gasteiger partial charge in [-0.2, -0.15) is 0 Å². The molecule has 7 nitrogen and oxygen atoms in total. The molecule has 0 heterocycles. The van der Waals surface area contributed by atoms with Gasteiger partial charge in [-0.15, -0.1) is 0 Å². The minimum absolute atomic E-state index is 0.154. The molecule has 0 radical (unpaired) electrons. The molecule has 2 aromatic carbocycles. The van der Waals surface area contributed by atoms with Crippen molar-refractivity contribution in [2.75, 3.05) is 6.61 Å². The van der Waals surface area contributed by atoms with Crippen LogP contribution in [0, 0.1) is 10.1 Å². The van der Waals surface area contributed by atoms with Gasteiger partial charge in [0.2, 0.25) is 0 Å². The Morgan fingerprint density at radius 1 is 1.17 bits per heavy atom. The quantitative estimate of drug-likeness (QED) is 0.491. The Kier molecular flexibility index (Phi) is 5.86. The van der Waals surface area contributed by atoms with Crippen LogP contribution in [0.25, 0.3) is 0 Å². The fourth-order valence-electron chi connectivity index (χ4n) is 1.89. The minimum atomic E-state index is -0.987. The molecule has 0 aliphatic heterocycles. The van der Waals surface area contributed by atoms with Crippen LogP contribution in [0.15, 0.2) is 48.5 Å². The van der Waals surface area contributed by atoms with E-state index in [1.165, 1.54) is 6.07 Å². The van der Waals surface area contributed by atoms with Crippen LogP contribution in [0.5, 0.6) is 0 Å². The number of nitrogens with one attached hydrogen (secondary N) is 1. The summed E-state index contributed by atoms with van der Waals surface area (Å²) in [5, 5.41) is 13.6. The number of amides is 1. The van der Waals surface area contributed by atoms with E-state index in [1.807, 2.05) is 30.3 Å². The van der Waals surface area contributed by atoms with E-state index in [9.17, 15) is 19.7 Å². The van der Waals surface area contributed by atoms with Crippen molar-refractivity contribution in [3.8, 4) is 0 Å². The molecule has 0 saturated carbocycles. The number of ether oxygens (including phenoxy) is 1. The molecular formula is C16H13ClN2O5. The van der Waals surface area contributed by atoms with Crippen LogP contribution in [0.3, 0.4) is 0 Å². The predicted octanol–water partition coefficient (Wildman–Crippen LogP) is 2.72. The summed E-state index contributed by atoms with van der Waals surface area (Å²) in [5.74, 6) is -1.50. The first-order valence-electron chi connectivity index (χ1n) is 6.89. The van der Waals surface area contributed by atoms with Crippen molar-refractivity contribution in [1.82, 2.24) is 5.32 Å². The van der Waals surface area contributed by atoms with Crippen molar-refractivity contribution in [2.24, 2.45) is 0 Å². The number of halogens is 1. The Morgan fingerprint density at radius 2 is 1.88 bits per heavy atom. The topological polar surface area (TPSA) is 98.5 Å². The van der Waals surface area contributed by atoms with E-state index in [4.69, 9.17) is 16.3 Å². The van der Waals surface area contributed by atoms with Gasteiger partial charge in [-0.1, -0.05) is 41.9 Å². The number of nitro benzene ring substituents is 1. The number of esters is 1. The molecule has 24 heavy (non-hydrogen) atoms. The maximum Gasteiger partial charge on any atom is 0.345 e. The molecule has 1 amide bonds. The van der Waals surface area contributed by atoms with Crippen molar-refractivity contribution in [1.29, 1.82) is 0 Å². The lowest BCUT2D eigenvalue weighted by atomic mass is 10.2. The molecule has 0 aliphatic rings. The first-order chi connectivity index (χ1) is 11.5. The van der Waals surface area contributed by atoms with Crippen molar-refractivity contribution < 1.29 is 19.2 Å². The van der Waals surface area contributed by atoms with Crippen LogP contribution < -0.4 is 5.32 Å². The Morgan fingerprint density at radius 3 is 2.54 bits per heavy atom. The van der Waals surface area contributed by atoms with Crippen LogP contribution in [0.1, 0.15) is 15.9 Å². The second-order valence-electron chi connectivity index (χ2n) is 4.76. The van der Waals surface area contributed by atoms with Crippen molar-refractivity contribution in [3.05, 3.63) is 74.8 Å². The highest BCUT2D eigenvalue weighted by atomic mass is 35.5. The van der Waals surface area contributed by atoms with E-state index in [2.05, 4.69) is 5.32 Å².